The number of carbonyl (C=O) groups excluding carboxylic acids is 1. The normalized spacial score (nSPS) is 15.3. The van der Waals surface area contributed by atoms with Crippen molar-refractivity contribution in [3.8, 4) is 0 Å². The average Bonchev–Trinajstić information content (AvgIpc) is 2.67. The third-order valence-electron chi connectivity index (χ3n) is 4.79. The summed E-state index contributed by atoms with van der Waals surface area (Å²) in [5, 5.41) is 3.28. The number of nitrogens with zero attached hydrogens (tertiary/aromatic N) is 3. The lowest BCUT2D eigenvalue weighted by Crippen LogP contribution is -2.48. The van der Waals surface area contributed by atoms with Crippen LogP contribution in [0.15, 0.2) is 29.3 Å². The third-order valence-corrected chi connectivity index (χ3v) is 4.79. The average molecular weight is 503 g/mol. The van der Waals surface area contributed by atoms with E-state index in [9.17, 15) is 4.79 Å². The van der Waals surface area contributed by atoms with Crippen molar-refractivity contribution in [2.75, 3.05) is 33.3 Å². The molecule has 0 bridgehead atoms. The summed E-state index contributed by atoms with van der Waals surface area (Å²) >= 11 is 0. The first-order valence-corrected chi connectivity index (χ1v) is 9.76. The van der Waals surface area contributed by atoms with Crippen LogP contribution in [0.5, 0.6) is 0 Å². The van der Waals surface area contributed by atoms with Gasteiger partial charge in [-0.2, -0.15) is 0 Å². The van der Waals surface area contributed by atoms with Crippen LogP contribution in [0.2, 0.25) is 0 Å². The van der Waals surface area contributed by atoms with Gasteiger partial charge in [0.25, 0.3) is 0 Å². The van der Waals surface area contributed by atoms with E-state index in [0.717, 1.165) is 31.5 Å². The molecule has 28 heavy (non-hydrogen) atoms. The Morgan fingerprint density at radius 1 is 1.32 bits per heavy atom. The zero-order valence-electron chi connectivity index (χ0n) is 17.2. The summed E-state index contributed by atoms with van der Waals surface area (Å²) in [6.07, 6.45) is 1.45. The van der Waals surface area contributed by atoms with Crippen molar-refractivity contribution >= 4 is 36.0 Å². The molecule has 2 rings (SSSR count). The van der Waals surface area contributed by atoms with Crippen LogP contribution in [0.3, 0.4) is 0 Å². The minimum atomic E-state index is -0.230. The second-order valence-electron chi connectivity index (χ2n) is 6.96. The van der Waals surface area contributed by atoms with Gasteiger partial charge < -0.3 is 25.6 Å². The summed E-state index contributed by atoms with van der Waals surface area (Å²) in [5.74, 6) is 0.459. The van der Waals surface area contributed by atoms with Crippen LogP contribution in [0.4, 0.5) is 4.79 Å². The first kappa shape index (κ1) is 24.5. The molecule has 7 nitrogen and oxygen atoms in total. The number of guanidine groups is 1. The van der Waals surface area contributed by atoms with Gasteiger partial charge in [0.1, 0.15) is 0 Å². The zero-order valence-corrected chi connectivity index (χ0v) is 19.5. The Kier molecular flexibility index (Phi) is 11.2. The molecular formula is C20H34IN5O2. The van der Waals surface area contributed by atoms with Gasteiger partial charge in [-0.25, -0.2) is 9.79 Å². The Bertz CT molecular complexity index is 633. The summed E-state index contributed by atoms with van der Waals surface area (Å²) in [4.78, 5) is 20.2. The first-order valence-electron chi connectivity index (χ1n) is 9.76. The monoisotopic (exact) mass is 503 g/mol. The number of hydrogen-bond donors (Lipinski definition) is 2. The molecule has 0 spiro atoms. The number of benzene rings is 1. The molecule has 1 aromatic rings. The molecule has 0 atom stereocenters. The lowest BCUT2D eigenvalue weighted by Gasteiger charge is -2.31. The quantitative estimate of drug-likeness (QED) is 0.340. The fraction of sp³-hybridized carbons (Fsp3) is 0.600. The maximum absolute atomic E-state index is 11.7. The Balaban J connectivity index is 0.00000392. The molecule has 3 N–H and O–H groups in total. The summed E-state index contributed by atoms with van der Waals surface area (Å²) in [6.45, 7) is 8.25. The van der Waals surface area contributed by atoms with Gasteiger partial charge in [0.05, 0.1) is 13.2 Å². The molecule has 1 heterocycles. The lowest BCUT2D eigenvalue weighted by molar-refractivity contribution is 0.0963. The van der Waals surface area contributed by atoms with E-state index in [1.54, 1.807) is 4.90 Å². The summed E-state index contributed by atoms with van der Waals surface area (Å²) < 4.78 is 5.04. The van der Waals surface area contributed by atoms with Crippen LogP contribution in [-0.4, -0.2) is 61.2 Å². The number of hydrogen-bond acceptors (Lipinski definition) is 4. The van der Waals surface area contributed by atoms with Crippen molar-refractivity contribution in [3.05, 3.63) is 35.4 Å². The van der Waals surface area contributed by atoms with Crippen molar-refractivity contribution in [2.45, 2.75) is 45.8 Å². The van der Waals surface area contributed by atoms with E-state index >= 15 is 0 Å². The second kappa shape index (κ2) is 12.8. The highest BCUT2D eigenvalue weighted by molar-refractivity contribution is 14.0. The number of halogens is 1. The van der Waals surface area contributed by atoms with Crippen molar-refractivity contribution in [3.63, 3.8) is 0 Å². The second-order valence-corrected chi connectivity index (χ2v) is 6.96. The van der Waals surface area contributed by atoms with E-state index in [1.807, 2.05) is 6.92 Å². The molecule has 0 saturated carbocycles. The number of piperidine rings is 1. The molecule has 0 aliphatic carbocycles. The predicted molar refractivity (Wildman–Crippen MR) is 124 cm³/mol. The molecule has 0 radical (unpaired) electrons. The fourth-order valence-electron chi connectivity index (χ4n) is 3.10. The maximum atomic E-state index is 11.7. The Hall–Kier alpha value is -1.55. The van der Waals surface area contributed by atoms with Gasteiger partial charge in [-0.05, 0) is 44.5 Å². The molecule has 158 valence electrons. The molecule has 1 aliphatic heterocycles. The first-order chi connectivity index (χ1) is 13.0. The third kappa shape index (κ3) is 8.22. The molecule has 1 aromatic carbocycles. The SMILES string of the molecule is CCOC(=O)N1CCC(NC(N)=NCc2cccc(CN(C)CC)c2)CC1.I. The molecule has 0 aromatic heterocycles. The van der Waals surface area contributed by atoms with Gasteiger partial charge in [0.2, 0.25) is 0 Å². The minimum absolute atomic E-state index is 0. The van der Waals surface area contributed by atoms with Gasteiger partial charge in [-0.3, -0.25) is 0 Å². The maximum Gasteiger partial charge on any atom is 0.409 e. The highest BCUT2D eigenvalue weighted by Gasteiger charge is 2.23. The van der Waals surface area contributed by atoms with Gasteiger partial charge in [-0.15, -0.1) is 24.0 Å². The molecular weight excluding hydrogens is 469 g/mol. The number of aliphatic imine (C=N–C) groups is 1. The predicted octanol–water partition coefficient (Wildman–Crippen LogP) is 2.78. The molecule has 0 unspecified atom stereocenters. The smallest absolute Gasteiger partial charge is 0.409 e. The van der Waals surface area contributed by atoms with Gasteiger partial charge >= 0.3 is 6.09 Å². The largest absolute Gasteiger partial charge is 0.450 e. The van der Waals surface area contributed by atoms with E-state index in [4.69, 9.17) is 10.5 Å². The molecule has 8 heteroatoms. The van der Waals surface area contributed by atoms with E-state index in [-0.39, 0.29) is 36.1 Å². The Morgan fingerprint density at radius 2 is 2.00 bits per heavy atom. The van der Waals surface area contributed by atoms with Crippen molar-refractivity contribution in [1.82, 2.24) is 15.1 Å². The van der Waals surface area contributed by atoms with Crippen LogP contribution in [0, 0.1) is 0 Å². The number of carbonyl (C=O) groups is 1. The highest BCUT2D eigenvalue weighted by atomic mass is 127. The van der Waals surface area contributed by atoms with Crippen LogP contribution in [0.1, 0.15) is 37.8 Å². The highest BCUT2D eigenvalue weighted by Crippen LogP contribution is 2.12. The number of nitrogens with two attached hydrogens (primary N) is 1. The number of likely N-dealkylation sites (tertiary alicyclic amines) is 1. The van der Waals surface area contributed by atoms with Crippen molar-refractivity contribution in [2.24, 2.45) is 10.7 Å². The van der Waals surface area contributed by atoms with Crippen LogP contribution in [-0.2, 0) is 17.8 Å². The molecule has 1 fully saturated rings. The van der Waals surface area contributed by atoms with Crippen LogP contribution < -0.4 is 11.1 Å². The Morgan fingerprint density at radius 3 is 2.64 bits per heavy atom. The number of amides is 1. The number of rotatable bonds is 7. The van der Waals surface area contributed by atoms with Gasteiger partial charge in [0, 0.05) is 25.7 Å². The van der Waals surface area contributed by atoms with E-state index < -0.39 is 0 Å². The van der Waals surface area contributed by atoms with Crippen molar-refractivity contribution in [1.29, 1.82) is 0 Å². The van der Waals surface area contributed by atoms with Gasteiger partial charge in [-0.1, -0.05) is 31.2 Å². The van der Waals surface area contributed by atoms with Crippen LogP contribution in [0.25, 0.3) is 0 Å². The molecule has 1 amide bonds. The summed E-state index contributed by atoms with van der Waals surface area (Å²) in [5.41, 5.74) is 8.49. The Labute approximate surface area is 185 Å². The van der Waals surface area contributed by atoms with E-state index in [2.05, 4.69) is 53.4 Å². The molecule has 1 saturated heterocycles. The molecule has 1 aliphatic rings. The minimum Gasteiger partial charge on any atom is -0.450 e. The van der Waals surface area contributed by atoms with Crippen LogP contribution >= 0.6 is 24.0 Å². The van der Waals surface area contributed by atoms with Gasteiger partial charge in [0.15, 0.2) is 5.96 Å². The van der Waals surface area contributed by atoms with E-state index in [1.165, 1.54) is 5.56 Å². The summed E-state index contributed by atoms with van der Waals surface area (Å²) in [6, 6.07) is 8.70. The number of nitrogens with one attached hydrogen (secondary N) is 1. The standard InChI is InChI=1S/C20H33N5O2.HI/c1-4-24(3)15-17-8-6-7-16(13-17)14-22-19(21)23-18-9-11-25(12-10-18)20(26)27-5-2;/h6-8,13,18H,4-5,9-12,14-15H2,1-3H3,(H3,21,22,23);1H. The lowest BCUT2D eigenvalue weighted by atomic mass is 10.1. The number of ether oxygens (including phenoxy) is 1. The van der Waals surface area contributed by atoms with Crippen molar-refractivity contribution < 1.29 is 9.53 Å². The zero-order chi connectivity index (χ0) is 19.6. The topological polar surface area (TPSA) is 83.2 Å². The fourth-order valence-corrected chi connectivity index (χ4v) is 3.10. The van der Waals surface area contributed by atoms with E-state index in [0.29, 0.717) is 32.2 Å². The summed E-state index contributed by atoms with van der Waals surface area (Å²) in [7, 11) is 2.11.